The van der Waals surface area contributed by atoms with Gasteiger partial charge in [0.2, 0.25) is 5.91 Å². The molecule has 1 amide bonds. The summed E-state index contributed by atoms with van der Waals surface area (Å²) in [6.45, 7) is 4.80. The van der Waals surface area contributed by atoms with Crippen molar-refractivity contribution in [3.8, 4) is 0 Å². The third-order valence-electron chi connectivity index (χ3n) is 4.39. The number of anilines is 1. The van der Waals surface area contributed by atoms with Gasteiger partial charge in [-0.3, -0.25) is 4.79 Å². The van der Waals surface area contributed by atoms with E-state index in [0.717, 1.165) is 11.4 Å². The Hall–Kier alpha value is -3.15. The van der Waals surface area contributed by atoms with Gasteiger partial charge in [-0.25, -0.2) is 9.78 Å². The van der Waals surface area contributed by atoms with Crippen molar-refractivity contribution in [2.75, 3.05) is 37.7 Å². The molecule has 0 atom stereocenters. The Labute approximate surface area is 159 Å². The second-order valence-electron chi connectivity index (χ2n) is 6.18. The summed E-state index contributed by atoms with van der Waals surface area (Å²) in [5.74, 6) is 0.455. The normalized spacial score (nSPS) is 14.4. The van der Waals surface area contributed by atoms with Gasteiger partial charge in [-0.15, -0.1) is 0 Å². The number of ether oxygens (including phenoxy) is 1. The van der Waals surface area contributed by atoms with Gasteiger partial charge in [0.25, 0.3) is 0 Å². The summed E-state index contributed by atoms with van der Waals surface area (Å²) in [7, 11) is 0. The molecular formula is C21H23N3O3. The summed E-state index contributed by atoms with van der Waals surface area (Å²) >= 11 is 0. The molecule has 0 aliphatic carbocycles. The number of nitrogens with zero attached hydrogens (tertiary/aromatic N) is 3. The van der Waals surface area contributed by atoms with Crippen LogP contribution in [0.25, 0.3) is 6.08 Å². The third kappa shape index (κ3) is 4.94. The zero-order chi connectivity index (χ0) is 19.1. The molecule has 1 saturated heterocycles. The molecule has 1 aliphatic heterocycles. The molecule has 0 saturated carbocycles. The van der Waals surface area contributed by atoms with Crippen LogP contribution in [0.3, 0.4) is 0 Å². The van der Waals surface area contributed by atoms with E-state index in [4.69, 9.17) is 4.74 Å². The number of esters is 1. The van der Waals surface area contributed by atoms with Crippen LogP contribution in [0.4, 0.5) is 5.82 Å². The highest BCUT2D eigenvalue weighted by molar-refractivity contribution is 5.92. The van der Waals surface area contributed by atoms with Crippen molar-refractivity contribution in [1.82, 2.24) is 9.88 Å². The summed E-state index contributed by atoms with van der Waals surface area (Å²) in [5, 5.41) is 0. The quantitative estimate of drug-likeness (QED) is 0.602. The molecule has 1 aliphatic rings. The predicted octanol–water partition coefficient (Wildman–Crippen LogP) is 2.62. The lowest BCUT2D eigenvalue weighted by Crippen LogP contribution is -2.48. The molecule has 0 unspecified atom stereocenters. The lowest BCUT2D eigenvalue weighted by atomic mass is 10.2. The van der Waals surface area contributed by atoms with E-state index in [1.807, 2.05) is 47.4 Å². The molecule has 1 aromatic carbocycles. The number of amides is 1. The molecule has 0 radical (unpaired) electrons. The van der Waals surface area contributed by atoms with Crippen LogP contribution in [0.15, 0.2) is 54.7 Å². The molecular weight excluding hydrogens is 342 g/mol. The topological polar surface area (TPSA) is 62.7 Å². The van der Waals surface area contributed by atoms with Crippen LogP contribution in [0.1, 0.15) is 22.8 Å². The van der Waals surface area contributed by atoms with Crippen LogP contribution in [-0.2, 0) is 9.53 Å². The molecule has 0 N–H and O–H groups in total. The van der Waals surface area contributed by atoms with Crippen LogP contribution in [0.5, 0.6) is 0 Å². The predicted molar refractivity (Wildman–Crippen MR) is 104 cm³/mol. The number of benzene rings is 1. The van der Waals surface area contributed by atoms with Crippen molar-refractivity contribution in [2.45, 2.75) is 6.92 Å². The largest absolute Gasteiger partial charge is 0.462 e. The van der Waals surface area contributed by atoms with Crippen molar-refractivity contribution < 1.29 is 14.3 Å². The summed E-state index contributed by atoms with van der Waals surface area (Å²) < 4.78 is 4.97. The van der Waals surface area contributed by atoms with Gasteiger partial charge in [-0.2, -0.15) is 0 Å². The first kappa shape index (κ1) is 18.6. The van der Waals surface area contributed by atoms with Crippen LogP contribution in [-0.4, -0.2) is 54.5 Å². The first-order valence-electron chi connectivity index (χ1n) is 9.07. The Morgan fingerprint density at radius 3 is 2.44 bits per heavy atom. The zero-order valence-corrected chi connectivity index (χ0v) is 15.4. The Morgan fingerprint density at radius 1 is 1.07 bits per heavy atom. The van der Waals surface area contributed by atoms with E-state index in [2.05, 4.69) is 9.88 Å². The molecule has 1 fully saturated rings. The lowest BCUT2D eigenvalue weighted by Gasteiger charge is -2.35. The molecule has 1 aromatic heterocycles. The lowest BCUT2D eigenvalue weighted by molar-refractivity contribution is -0.126. The fraction of sp³-hybridized carbons (Fsp3) is 0.286. The fourth-order valence-electron chi connectivity index (χ4n) is 2.90. The van der Waals surface area contributed by atoms with Gasteiger partial charge >= 0.3 is 5.97 Å². The number of piperazine rings is 1. The molecule has 6 nitrogen and oxygen atoms in total. The first-order chi connectivity index (χ1) is 13.2. The molecule has 3 rings (SSSR count). The molecule has 0 spiro atoms. The maximum absolute atomic E-state index is 12.3. The van der Waals surface area contributed by atoms with E-state index in [1.54, 1.807) is 19.1 Å². The maximum Gasteiger partial charge on any atom is 0.339 e. The molecule has 0 bridgehead atoms. The van der Waals surface area contributed by atoms with Crippen LogP contribution in [0.2, 0.25) is 0 Å². The minimum Gasteiger partial charge on any atom is -0.462 e. The highest BCUT2D eigenvalue weighted by atomic mass is 16.5. The average Bonchev–Trinajstić information content (AvgIpc) is 2.73. The van der Waals surface area contributed by atoms with Crippen molar-refractivity contribution in [3.05, 3.63) is 65.9 Å². The van der Waals surface area contributed by atoms with Gasteiger partial charge in [0.05, 0.1) is 12.2 Å². The SMILES string of the molecule is CCOC(=O)c1ccc(N2CCN(C(=O)C=Cc3ccccc3)CC2)nc1. The molecule has 2 aromatic rings. The monoisotopic (exact) mass is 365 g/mol. The van der Waals surface area contributed by atoms with Gasteiger partial charge in [0.1, 0.15) is 5.82 Å². The van der Waals surface area contributed by atoms with Gasteiger partial charge in [-0.1, -0.05) is 30.3 Å². The summed E-state index contributed by atoms with van der Waals surface area (Å²) in [6.07, 6.45) is 5.00. The Kier molecular flexibility index (Phi) is 6.20. The number of carbonyl (C=O) groups is 2. The number of carbonyl (C=O) groups excluding carboxylic acids is 2. The first-order valence-corrected chi connectivity index (χ1v) is 9.07. The highest BCUT2D eigenvalue weighted by Gasteiger charge is 2.20. The highest BCUT2D eigenvalue weighted by Crippen LogP contribution is 2.15. The summed E-state index contributed by atoms with van der Waals surface area (Å²) in [4.78, 5) is 32.3. The second-order valence-corrected chi connectivity index (χ2v) is 6.18. The summed E-state index contributed by atoms with van der Waals surface area (Å²) in [5.41, 5.74) is 1.45. The van der Waals surface area contributed by atoms with Crippen molar-refractivity contribution in [3.63, 3.8) is 0 Å². The molecule has 2 heterocycles. The van der Waals surface area contributed by atoms with Crippen LogP contribution in [0, 0.1) is 0 Å². The molecule has 140 valence electrons. The number of pyridine rings is 1. The number of rotatable bonds is 5. The van der Waals surface area contributed by atoms with Gasteiger partial charge in [0.15, 0.2) is 0 Å². The average molecular weight is 365 g/mol. The maximum atomic E-state index is 12.3. The molecule has 27 heavy (non-hydrogen) atoms. The number of hydrogen-bond acceptors (Lipinski definition) is 5. The van der Waals surface area contributed by atoms with Gasteiger partial charge < -0.3 is 14.5 Å². The van der Waals surface area contributed by atoms with Crippen LogP contribution >= 0.6 is 0 Å². The molecule has 6 heteroatoms. The zero-order valence-electron chi connectivity index (χ0n) is 15.4. The van der Waals surface area contributed by atoms with Crippen molar-refractivity contribution >= 4 is 23.8 Å². The van der Waals surface area contributed by atoms with E-state index in [0.29, 0.717) is 38.3 Å². The van der Waals surface area contributed by atoms with Gasteiger partial charge in [0, 0.05) is 38.5 Å². The van der Waals surface area contributed by atoms with Gasteiger partial charge in [-0.05, 0) is 30.7 Å². The third-order valence-corrected chi connectivity index (χ3v) is 4.39. The van der Waals surface area contributed by atoms with E-state index >= 15 is 0 Å². The van der Waals surface area contributed by atoms with E-state index in [9.17, 15) is 9.59 Å². The van der Waals surface area contributed by atoms with E-state index in [1.165, 1.54) is 6.20 Å². The Bertz CT molecular complexity index is 795. The van der Waals surface area contributed by atoms with E-state index < -0.39 is 0 Å². The van der Waals surface area contributed by atoms with Crippen molar-refractivity contribution in [1.29, 1.82) is 0 Å². The smallest absolute Gasteiger partial charge is 0.339 e. The second kappa shape index (κ2) is 8.98. The minimum atomic E-state index is -0.364. The summed E-state index contributed by atoms with van der Waals surface area (Å²) in [6, 6.07) is 13.3. The van der Waals surface area contributed by atoms with Crippen LogP contribution < -0.4 is 4.90 Å². The van der Waals surface area contributed by atoms with Crippen molar-refractivity contribution in [2.24, 2.45) is 0 Å². The fourth-order valence-corrected chi connectivity index (χ4v) is 2.90. The standard InChI is InChI=1S/C21H23N3O3/c1-2-27-21(26)18-9-10-19(22-16-18)23-12-14-24(15-13-23)20(25)11-8-17-6-4-3-5-7-17/h3-11,16H,2,12-15H2,1H3. The number of hydrogen-bond donors (Lipinski definition) is 0. The Morgan fingerprint density at radius 2 is 1.81 bits per heavy atom. The Balaban J connectivity index is 1.53. The van der Waals surface area contributed by atoms with E-state index in [-0.39, 0.29) is 11.9 Å². The number of aromatic nitrogens is 1. The minimum absolute atomic E-state index is 0.0177.